The summed E-state index contributed by atoms with van der Waals surface area (Å²) in [4.78, 5) is 11.4. The van der Waals surface area contributed by atoms with Crippen molar-refractivity contribution >= 4 is 21.9 Å². The van der Waals surface area contributed by atoms with Gasteiger partial charge >= 0.3 is 5.97 Å². The van der Waals surface area contributed by atoms with Gasteiger partial charge in [-0.25, -0.2) is 4.79 Å². The average molecular weight is 275 g/mol. The van der Waals surface area contributed by atoms with Crippen LogP contribution >= 0.6 is 15.9 Å². The molecule has 0 N–H and O–H groups in total. The number of halogens is 1. The molecule has 0 heterocycles. The molecule has 1 aromatic carbocycles. The molecule has 0 aliphatic carbocycles. The molecule has 0 radical (unpaired) electrons. The van der Waals surface area contributed by atoms with E-state index in [-0.39, 0.29) is 0 Å². The number of methoxy groups -OCH3 is 3. The van der Waals surface area contributed by atoms with Crippen molar-refractivity contribution in [3.8, 4) is 11.5 Å². The summed E-state index contributed by atoms with van der Waals surface area (Å²) >= 11 is 3.28. The Morgan fingerprint density at radius 1 is 1.20 bits per heavy atom. The van der Waals surface area contributed by atoms with Gasteiger partial charge in [0, 0.05) is 0 Å². The number of rotatable bonds is 3. The third kappa shape index (κ3) is 2.41. The molecule has 15 heavy (non-hydrogen) atoms. The first-order chi connectivity index (χ1) is 7.13. The summed E-state index contributed by atoms with van der Waals surface area (Å²) in [7, 11) is 4.32. The number of hydrogen-bond donors (Lipinski definition) is 0. The first-order valence-corrected chi connectivity index (χ1v) is 4.93. The van der Waals surface area contributed by atoms with Crippen LogP contribution < -0.4 is 9.47 Å². The molecule has 0 aliphatic heterocycles. The molecule has 1 aromatic rings. The Balaban J connectivity index is 3.32. The predicted octanol–water partition coefficient (Wildman–Crippen LogP) is 2.25. The van der Waals surface area contributed by atoms with Gasteiger partial charge in [-0.15, -0.1) is 0 Å². The fourth-order valence-corrected chi connectivity index (χ4v) is 1.76. The fraction of sp³-hybridized carbons (Fsp3) is 0.300. The fourth-order valence-electron chi connectivity index (χ4n) is 1.16. The highest BCUT2D eigenvalue weighted by molar-refractivity contribution is 9.10. The highest BCUT2D eigenvalue weighted by Crippen LogP contribution is 2.33. The number of ether oxygens (including phenoxy) is 3. The molecule has 0 unspecified atom stereocenters. The summed E-state index contributed by atoms with van der Waals surface area (Å²) in [6.07, 6.45) is 0. The van der Waals surface area contributed by atoms with Gasteiger partial charge in [-0.05, 0) is 28.1 Å². The first kappa shape index (κ1) is 11.8. The Morgan fingerprint density at radius 3 is 2.33 bits per heavy atom. The van der Waals surface area contributed by atoms with E-state index in [2.05, 4.69) is 20.7 Å². The Kier molecular flexibility index (Phi) is 3.96. The summed E-state index contributed by atoms with van der Waals surface area (Å²) in [5, 5.41) is 0. The summed E-state index contributed by atoms with van der Waals surface area (Å²) in [6.45, 7) is 0. The van der Waals surface area contributed by atoms with Crippen molar-refractivity contribution in [2.24, 2.45) is 0 Å². The van der Waals surface area contributed by atoms with Crippen molar-refractivity contribution in [1.29, 1.82) is 0 Å². The van der Waals surface area contributed by atoms with Crippen molar-refractivity contribution < 1.29 is 19.0 Å². The molecule has 0 aliphatic rings. The van der Waals surface area contributed by atoms with Gasteiger partial charge < -0.3 is 14.2 Å². The molecular formula is C10H11BrO4. The highest BCUT2D eigenvalue weighted by Gasteiger charge is 2.17. The average Bonchev–Trinajstić information content (AvgIpc) is 2.26. The van der Waals surface area contributed by atoms with Gasteiger partial charge in [-0.1, -0.05) is 0 Å². The Hall–Kier alpha value is -1.23. The number of hydrogen-bond acceptors (Lipinski definition) is 4. The van der Waals surface area contributed by atoms with Crippen LogP contribution in [0.25, 0.3) is 0 Å². The second-order valence-electron chi connectivity index (χ2n) is 2.68. The van der Waals surface area contributed by atoms with E-state index in [0.29, 0.717) is 21.5 Å². The van der Waals surface area contributed by atoms with Gasteiger partial charge in [0.25, 0.3) is 0 Å². The number of esters is 1. The van der Waals surface area contributed by atoms with E-state index in [1.165, 1.54) is 21.3 Å². The van der Waals surface area contributed by atoms with E-state index < -0.39 is 5.97 Å². The zero-order valence-corrected chi connectivity index (χ0v) is 10.3. The summed E-state index contributed by atoms with van der Waals surface area (Å²) in [6, 6.07) is 3.28. The van der Waals surface area contributed by atoms with Gasteiger partial charge in [-0.3, -0.25) is 0 Å². The monoisotopic (exact) mass is 274 g/mol. The van der Waals surface area contributed by atoms with Crippen molar-refractivity contribution in [1.82, 2.24) is 0 Å². The van der Waals surface area contributed by atoms with Crippen LogP contribution in [0.4, 0.5) is 0 Å². The zero-order chi connectivity index (χ0) is 11.4. The maximum absolute atomic E-state index is 11.4. The summed E-state index contributed by atoms with van der Waals surface area (Å²) < 4.78 is 15.4. The van der Waals surface area contributed by atoms with Crippen LogP contribution in [0.3, 0.4) is 0 Å². The topological polar surface area (TPSA) is 44.8 Å². The largest absolute Gasteiger partial charge is 0.497 e. The van der Waals surface area contributed by atoms with Crippen LogP contribution in [0.1, 0.15) is 10.4 Å². The smallest absolute Gasteiger partial charge is 0.341 e. The van der Waals surface area contributed by atoms with Crippen molar-refractivity contribution in [3.63, 3.8) is 0 Å². The van der Waals surface area contributed by atoms with E-state index in [0.717, 1.165) is 0 Å². The molecule has 0 amide bonds. The molecule has 5 heteroatoms. The van der Waals surface area contributed by atoms with Gasteiger partial charge in [0.1, 0.15) is 17.1 Å². The van der Waals surface area contributed by atoms with E-state index in [1.54, 1.807) is 12.1 Å². The molecule has 0 spiro atoms. The van der Waals surface area contributed by atoms with Gasteiger partial charge in [0.15, 0.2) is 0 Å². The third-order valence-electron chi connectivity index (χ3n) is 1.86. The Bertz CT molecular complexity index is 376. The minimum atomic E-state index is -0.466. The van der Waals surface area contributed by atoms with Gasteiger partial charge in [0.2, 0.25) is 0 Å². The van der Waals surface area contributed by atoms with Crippen LogP contribution in [0.2, 0.25) is 0 Å². The molecule has 1 rings (SSSR count). The van der Waals surface area contributed by atoms with Gasteiger partial charge in [-0.2, -0.15) is 0 Å². The quantitative estimate of drug-likeness (QED) is 0.794. The molecule has 0 fully saturated rings. The van der Waals surface area contributed by atoms with E-state index in [1.807, 2.05) is 0 Å². The lowest BCUT2D eigenvalue weighted by molar-refractivity contribution is 0.0596. The minimum absolute atomic E-state index is 0.325. The lowest BCUT2D eigenvalue weighted by Gasteiger charge is -2.10. The number of carbonyl (C=O) groups is 1. The Labute approximate surface area is 96.3 Å². The minimum Gasteiger partial charge on any atom is -0.497 e. The van der Waals surface area contributed by atoms with Crippen molar-refractivity contribution in [2.45, 2.75) is 0 Å². The van der Waals surface area contributed by atoms with Crippen LogP contribution in [-0.2, 0) is 4.74 Å². The molecule has 0 atom stereocenters. The van der Waals surface area contributed by atoms with Crippen LogP contribution in [0.15, 0.2) is 16.6 Å². The predicted molar refractivity (Wildman–Crippen MR) is 58.6 cm³/mol. The third-order valence-corrected chi connectivity index (χ3v) is 2.45. The highest BCUT2D eigenvalue weighted by atomic mass is 79.9. The van der Waals surface area contributed by atoms with E-state index in [4.69, 9.17) is 9.47 Å². The van der Waals surface area contributed by atoms with Crippen LogP contribution in [0.5, 0.6) is 11.5 Å². The summed E-state index contributed by atoms with van der Waals surface area (Å²) in [5.74, 6) is 0.525. The van der Waals surface area contributed by atoms with Crippen LogP contribution in [0, 0.1) is 0 Å². The molecule has 0 bridgehead atoms. The molecule has 0 saturated heterocycles. The summed E-state index contributed by atoms with van der Waals surface area (Å²) in [5.41, 5.74) is 0.325. The van der Waals surface area contributed by atoms with E-state index in [9.17, 15) is 4.79 Å². The first-order valence-electron chi connectivity index (χ1n) is 4.13. The zero-order valence-electron chi connectivity index (χ0n) is 8.67. The number of benzene rings is 1. The standard InChI is InChI=1S/C10H11BrO4/c1-13-6-4-7(10(12)15-3)9(14-2)8(11)5-6/h4-5H,1-3H3. The maximum atomic E-state index is 11.4. The normalized spacial score (nSPS) is 9.60. The molecule has 0 saturated carbocycles. The second kappa shape index (κ2) is 5.02. The van der Waals surface area contributed by atoms with Crippen LogP contribution in [-0.4, -0.2) is 27.3 Å². The van der Waals surface area contributed by atoms with E-state index >= 15 is 0 Å². The molecule has 4 nitrogen and oxygen atoms in total. The lowest BCUT2D eigenvalue weighted by Crippen LogP contribution is -2.05. The van der Waals surface area contributed by atoms with Gasteiger partial charge in [0.05, 0.1) is 25.8 Å². The van der Waals surface area contributed by atoms with Crippen molar-refractivity contribution in [2.75, 3.05) is 21.3 Å². The molecule has 0 aromatic heterocycles. The Morgan fingerprint density at radius 2 is 1.87 bits per heavy atom. The maximum Gasteiger partial charge on any atom is 0.341 e. The number of carbonyl (C=O) groups excluding carboxylic acids is 1. The SMILES string of the molecule is COC(=O)c1cc(OC)cc(Br)c1OC. The lowest BCUT2D eigenvalue weighted by atomic mass is 10.2. The molecular weight excluding hydrogens is 264 g/mol. The van der Waals surface area contributed by atoms with Crippen molar-refractivity contribution in [3.05, 3.63) is 22.2 Å². The second-order valence-corrected chi connectivity index (χ2v) is 3.54. The molecule has 82 valence electrons.